The second kappa shape index (κ2) is 7.45. The van der Waals surface area contributed by atoms with Crippen LogP contribution < -0.4 is 5.32 Å². The fourth-order valence-corrected chi connectivity index (χ4v) is 3.53. The van der Waals surface area contributed by atoms with E-state index in [1.54, 1.807) is 0 Å². The third-order valence-electron chi connectivity index (χ3n) is 5.16. The molecular formula is C19H28N2O2. The molecule has 23 heavy (non-hydrogen) atoms. The quantitative estimate of drug-likeness (QED) is 0.877. The Kier molecular flexibility index (Phi) is 5.34. The molecule has 0 radical (unpaired) electrons. The molecule has 0 spiro atoms. The maximum Gasteiger partial charge on any atom is 0.226 e. The van der Waals surface area contributed by atoms with Crippen molar-refractivity contribution in [2.75, 3.05) is 19.7 Å². The van der Waals surface area contributed by atoms with Gasteiger partial charge in [-0.2, -0.15) is 0 Å². The van der Waals surface area contributed by atoms with E-state index in [1.807, 2.05) is 6.92 Å². The molecular weight excluding hydrogens is 288 g/mol. The van der Waals surface area contributed by atoms with Gasteiger partial charge in [0.25, 0.3) is 0 Å². The van der Waals surface area contributed by atoms with Crippen LogP contribution in [0.5, 0.6) is 0 Å². The topological polar surface area (TPSA) is 41.6 Å². The van der Waals surface area contributed by atoms with E-state index in [2.05, 4.69) is 47.5 Å². The Bertz CT molecular complexity index is 511. The number of likely N-dealkylation sites (tertiary alicyclic amines) is 1. The molecule has 3 rings (SSSR count). The van der Waals surface area contributed by atoms with Crippen molar-refractivity contribution in [2.45, 2.75) is 51.3 Å². The van der Waals surface area contributed by atoms with Gasteiger partial charge >= 0.3 is 0 Å². The minimum absolute atomic E-state index is 0.0937. The van der Waals surface area contributed by atoms with Gasteiger partial charge in [0.15, 0.2) is 0 Å². The maximum absolute atomic E-state index is 12.2. The van der Waals surface area contributed by atoms with E-state index in [-0.39, 0.29) is 17.9 Å². The molecule has 1 amide bonds. The molecule has 1 aliphatic carbocycles. The Hall–Kier alpha value is -1.39. The van der Waals surface area contributed by atoms with Crippen molar-refractivity contribution in [3.63, 3.8) is 0 Å². The largest absolute Gasteiger partial charge is 0.378 e. The van der Waals surface area contributed by atoms with Crippen LogP contribution in [0.1, 0.15) is 44.7 Å². The fourth-order valence-electron chi connectivity index (χ4n) is 3.53. The van der Waals surface area contributed by atoms with Crippen molar-refractivity contribution in [3.05, 3.63) is 35.9 Å². The van der Waals surface area contributed by atoms with Crippen molar-refractivity contribution in [1.82, 2.24) is 10.2 Å². The summed E-state index contributed by atoms with van der Waals surface area (Å²) in [6.45, 7) is 7.04. The number of carbonyl (C=O) groups excluding carboxylic acids is 1. The summed E-state index contributed by atoms with van der Waals surface area (Å²) in [5.74, 6) is 0.286. The molecule has 1 heterocycles. The molecule has 2 aliphatic rings. The van der Waals surface area contributed by atoms with E-state index in [1.165, 1.54) is 5.56 Å². The standard InChI is InChI=1S/C19H28N2O2/c1-3-23-18-13-17(18)19(22)20-16-9-11-21(12-10-16)14(2)15-7-5-4-6-8-15/h4-8,14,16-18H,3,9-13H2,1-2H3,(H,20,22). The SMILES string of the molecule is CCOC1CC1C(=O)NC1CCN(C(C)c2ccccc2)CC1. The first-order chi connectivity index (χ1) is 11.2. The highest BCUT2D eigenvalue weighted by atomic mass is 16.5. The van der Waals surface area contributed by atoms with Gasteiger partial charge in [-0.25, -0.2) is 0 Å². The monoisotopic (exact) mass is 316 g/mol. The number of piperidine rings is 1. The van der Waals surface area contributed by atoms with E-state index in [9.17, 15) is 4.79 Å². The highest BCUT2D eigenvalue weighted by Crippen LogP contribution is 2.34. The van der Waals surface area contributed by atoms with Gasteiger partial charge in [-0.15, -0.1) is 0 Å². The number of rotatable bonds is 6. The summed E-state index contributed by atoms with van der Waals surface area (Å²) in [5, 5.41) is 3.22. The third-order valence-corrected chi connectivity index (χ3v) is 5.16. The zero-order valence-electron chi connectivity index (χ0n) is 14.2. The van der Waals surface area contributed by atoms with Gasteiger partial charge in [0.2, 0.25) is 5.91 Å². The van der Waals surface area contributed by atoms with E-state index in [0.29, 0.717) is 18.7 Å². The number of nitrogens with one attached hydrogen (secondary N) is 1. The normalized spacial score (nSPS) is 26.7. The maximum atomic E-state index is 12.2. The Labute approximate surface area is 139 Å². The molecule has 1 aromatic rings. The van der Waals surface area contributed by atoms with E-state index < -0.39 is 0 Å². The van der Waals surface area contributed by atoms with Gasteiger partial charge in [0.05, 0.1) is 12.0 Å². The summed E-state index contributed by atoms with van der Waals surface area (Å²) in [7, 11) is 0. The van der Waals surface area contributed by atoms with Crippen LogP contribution in [0.4, 0.5) is 0 Å². The highest BCUT2D eigenvalue weighted by Gasteiger charge is 2.44. The number of hydrogen-bond donors (Lipinski definition) is 1. The van der Waals surface area contributed by atoms with Crippen LogP contribution in [-0.2, 0) is 9.53 Å². The number of ether oxygens (including phenoxy) is 1. The highest BCUT2D eigenvalue weighted by molar-refractivity contribution is 5.82. The molecule has 4 nitrogen and oxygen atoms in total. The van der Waals surface area contributed by atoms with Crippen molar-refractivity contribution >= 4 is 5.91 Å². The molecule has 4 heteroatoms. The molecule has 1 saturated heterocycles. The van der Waals surface area contributed by atoms with E-state index >= 15 is 0 Å². The summed E-state index contributed by atoms with van der Waals surface area (Å²) in [6.07, 6.45) is 3.13. The zero-order chi connectivity index (χ0) is 16.2. The number of benzene rings is 1. The van der Waals surface area contributed by atoms with Gasteiger partial charge in [-0.05, 0) is 38.7 Å². The second-order valence-electron chi connectivity index (χ2n) is 6.74. The molecule has 1 aromatic carbocycles. The lowest BCUT2D eigenvalue weighted by atomic mass is 10.00. The average Bonchev–Trinajstić information content (AvgIpc) is 3.35. The Morgan fingerprint density at radius 1 is 1.30 bits per heavy atom. The predicted molar refractivity (Wildman–Crippen MR) is 91.1 cm³/mol. The van der Waals surface area contributed by atoms with Crippen LogP contribution >= 0.6 is 0 Å². The van der Waals surface area contributed by atoms with E-state index in [0.717, 1.165) is 32.4 Å². The minimum Gasteiger partial charge on any atom is -0.378 e. The van der Waals surface area contributed by atoms with Crippen molar-refractivity contribution in [2.24, 2.45) is 5.92 Å². The average molecular weight is 316 g/mol. The Morgan fingerprint density at radius 3 is 2.65 bits per heavy atom. The molecule has 1 aliphatic heterocycles. The van der Waals surface area contributed by atoms with Crippen LogP contribution in [0, 0.1) is 5.92 Å². The van der Waals surface area contributed by atoms with Crippen LogP contribution in [-0.4, -0.2) is 42.6 Å². The predicted octanol–water partition coefficient (Wildman–Crippen LogP) is 2.75. The molecule has 3 atom stereocenters. The van der Waals surface area contributed by atoms with Gasteiger partial charge < -0.3 is 10.1 Å². The first kappa shape index (κ1) is 16.5. The van der Waals surface area contributed by atoms with E-state index in [4.69, 9.17) is 4.74 Å². The third kappa shape index (κ3) is 4.12. The first-order valence-corrected chi connectivity index (χ1v) is 8.90. The summed E-state index contributed by atoms with van der Waals surface area (Å²) < 4.78 is 5.50. The lowest BCUT2D eigenvalue weighted by Crippen LogP contribution is -2.45. The van der Waals surface area contributed by atoms with Crippen LogP contribution in [0.2, 0.25) is 0 Å². The second-order valence-corrected chi connectivity index (χ2v) is 6.74. The summed E-state index contributed by atoms with van der Waals surface area (Å²) in [5.41, 5.74) is 1.37. The Morgan fingerprint density at radius 2 is 2.00 bits per heavy atom. The molecule has 3 unspecified atom stereocenters. The number of nitrogens with zero attached hydrogens (tertiary/aromatic N) is 1. The van der Waals surface area contributed by atoms with Crippen LogP contribution in [0.3, 0.4) is 0 Å². The number of amides is 1. The number of hydrogen-bond acceptors (Lipinski definition) is 3. The zero-order valence-corrected chi connectivity index (χ0v) is 14.2. The lowest BCUT2D eigenvalue weighted by molar-refractivity contribution is -0.124. The lowest BCUT2D eigenvalue weighted by Gasteiger charge is -2.36. The summed E-state index contributed by atoms with van der Waals surface area (Å²) in [4.78, 5) is 14.7. The van der Waals surface area contributed by atoms with Crippen LogP contribution in [0.15, 0.2) is 30.3 Å². The first-order valence-electron chi connectivity index (χ1n) is 8.90. The van der Waals surface area contributed by atoms with Gasteiger partial charge in [0, 0.05) is 31.8 Å². The van der Waals surface area contributed by atoms with Crippen molar-refractivity contribution in [1.29, 1.82) is 0 Å². The van der Waals surface area contributed by atoms with Gasteiger partial charge in [0.1, 0.15) is 0 Å². The molecule has 2 fully saturated rings. The smallest absolute Gasteiger partial charge is 0.226 e. The van der Waals surface area contributed by atoms with Gasteiger partial charge in [-0.1, -0.05) is 30.3 Å². The van der Waals surface area contributed by atoms with Crippen molar-refractivity contribution < 1.29 is 9.53 Å². The summed E-state index contributed by atoms with van der Waals surface area (Å²) >= 11 is 0. The van der Waals surface area contributed by atoms with Crippen molar-refractivity contribution in [3.8, 4) is 0 Å². The Balaban J connectivity index is 1.43. The molecule has 0 aromatic heterocycles. The molecule has 0 bridgehead atoms. The summed E-state index contributed by atoms with van der Waals surface area (Å²) in [6, 6.07) is 11.4. The minimum atomic E-state index is 0.0937. The van der Waals surface area contributed by atoms with Crippen LogP contribution in [0.25, 0.3) is 0 Å². The molecule has 126 valence electrons. The van der Waals surface area contributed by atoms with Gasteiger partial charge in [-0.3, -0.25) is 9.69 Å². The molecule has 1 saturated carbocycles. The fraction of sp³-hybridized carbons (Fsp3) is 0.632. The molecule has 1 N–H and O–H groups in total. The number of carbonyl (C=O) groups is 1.